The second-order valence-corrected chi connectivity index (χ2v) is 13.2. The summed E-state index contributed by atoms with van der Waals surface area (Å²) in [5, 5.41) is 12.4. The van der Waals surface area contributed by atoms with Crippen molar-refractivity contribution >= 4 is 40.7 Å². The van der Waals surface area contributed by atoms with Gasteiger partial charge >= 0.3 is 11.4 Å². The highest BCUT2D eigenvalue weighted by Crippen LogP contribution is 2.62. The first-order valence-electron chi connectivity index (χ1n) is 15.0. The quantitative estimate of drug-likeness (QED) is 0.234. The highest BCUT2D eigenvalue weighted by molar-refractivity contribution is 6.36. The standard InChI is InChI=1S/C34H31Cl2N5O6/c1-17-13-19(14-18(2)29(17)42)28-23-11-12-39-32(45)38(3)33(46)41(39)27(23)16-24-30(43)40(37-26-10-7-21(35)15-25(26)36)31(44)34(24,28)20-5-8-22(47-4)9-6-20/h5-11,13-15,24,27-28,37,42H,12,16H2,1-4H3/t24-,27+,28-,34+/m0/s1. The normalized spacial score (nSPS) is 23.2. The Labute approximate surface area is 279 Å². The highest BCUT2D eigenvalue weighted by atomic mass is 35.5. The van der Waals surface area contributed by atoms with E-state index >= 15 is 4.79 Å². The third-order valence-corrected chi connectivity index (χ3v) is 10.4. The molecule has 1 aromatic heterocycles. The molecule has 2 aliphatic heterocycles. The SMILES string of the molecule is COc1ccc([C@@]23C(=O)N(Nc4ccc(Cl)cc4Cl)C(=O)[C@@H]2C[C@@H]2C(=CCn4c(=O)n(C)c(=O)n42)[C@@H]3c2cc(C)c(O)c(C)c2)cc1. The molecule has 1 aliphatic carbocycles. The molecular weight excluding hydrogens is 645 g/mol. The van der Waals surface area contributed by atoms with Crippen LogP contribution < -0.4 is 21.5 Å². The highest BCUT2D eigenvalue weighted by Gasteiger charge is 2.68. The van der Waals surface area contributed by atoms with Gasteiger partial charge in [0, 0.05) is 18.0 Å². The van der Waals surface area contributed by atoms with Crippen LogP contribution >= 0.6 is 23.2 Å². The summed E-state index contributed by atoms with van der Waals surface area (Å²) < 4.78 is 9.25. The summed E-state index contributed by atoms with van der Waals surface area (Å²) in [5.41, 5.74) is 3.94. The van der Waals surface area contributed by atoms with E-state index in [2.05, 4.69) is 5.43 Å². The lowest BCUT2D eigenvalue weighted by molar-refractivity contribution is -0.138. The number of carbonyl (C=O) groups is 2. The number of fused-ring (bicyclic) bond motifs is 4. The van der Waals surface area contributed by atoms with Crippen molar-refractivity contribution in [3.05, 3.63) is 120 Å². The van der Waals surface area contributed by atoms with Gasteiger partial charge in [0.1, 0.15) is 11.5 Å². The van der Waals surface area contributed by atoms with Gasteiger partial charge in [-0.05, 0) is 78.4 Å². The van der Waals surface area contributed by atoms with Crippen LogP contribution in [0.3, 0.4) is 0 Å². The maximum absolute atomic E-state index is 15.2. The second-order valence-electron chi connectivity index (χ2n) is 12.3. The number of rotatable bonds is 5. The van der Waals surface area contributed by atoms with Gasteiger partial charge < -0.3 is 9.84 Å². The fourth-order valence-electron chi connectivity index (χ4n) is 7.75. The summed E-state index contributed by atoms with van der Waals surface area (Å²) in [6.45, 7) is 3.65. The lowest BCUT2D eigenvalue weighted by Gasteiger charge is -2.49. The first-order chi connectivity index (χ1) is 22.4. The van der Waals surface area contributed by atoms with Crippen LogP contribution in [-0.2, 0) is 28.6 Å². The van der Waals surface area contributed by atoms with Crippen LogP contribution in [0, 0.1) is 19.8 Å². The van der Waals surface area contributed by atoms with Gasteiger partial charge in [0.2, 0.25) is 0 Å². The zero-order chi connectivity index (χ0) is 33.5. The number of halogens is 2. The van der Waals surface area contributed by atoms with E-state index in [0.717, 1.165) is 15.1 Å². The summed E-state index contributed by atoms with van der Waals surface area (Å²) in [4.78, 5) is 56.5. The number of nitrogens with zero attached hydrogens (tertiary/aromatic N) is 4. The number of benzene rings is 3. The van der Waals surface area contributed by atoms with Crippen LogP contribution in [0.5, 0.6) is 11.5 Å². The monoisotopic (exact) mass is 675 g/mol. The number of anilines is 1. The van der Waals surface area contributed by atoms with E-state index in [1.807, 2.05) is 18.2 Å². The average molecular weight is 677 g/mol. The summed E-state index contributed by atoms with van der Waals surface area (Å²) in [6.07, 6.45) is 1.95. The lowest BCUT2D eigenvalue weighted by Crippen LogP contribution is -2.53. The summed E-state index contributed by atoms with van der Waals surface area (Å²) >= 11 is 12.6. The van der Waals surface area contributed by atoms with E-state index in [1.165, 1.54) is 22.5 Å². The third-order valence-electron chi connectivity index (χ3n) is 9.88. The van der Waals surface area contributed by atoms with Crippen LogP contribution in [0.1, 0.15) is 40.6 Å². The molecule has 0 radical (unpaired) electrons. The van der Waals surface area contributed by atoms with E-state index in [1.54, 1.807) is 57.4 Å². The minimum absolute atomic E-state index is 0.0604. The van der Waals surface area contributed by atoms with Crippen molar-refractivity contribution in [2.75, 3.05) is 12.5 Å². The number of nitrogens with one attached hydrogen (secondary N) is 1. The fourth-order valence-corrected chi connectivity index (χ4v) is 8.20. The number of aromatic hydroxyl groups is 1. The van der Waals surface area contributed by atoms with Crippen molar-refractivity contribution in [3.8, 4) is 11.5 Å². The largest absolute Gasteiger partial charge is 0.507 e. The Hall–Kier alpha value is -4.74. The van der Waals surface area contributed by atoms with Crippen LogP contribution in [-0.4, -0.2) is 43.0 Å². The molecule has 1 saturated carbocycles. The number of hydrogen-bond donors (Lipinski definition) is 2. The Morgan fingerprint density at radius 2 is 1.64 bits per heavy atom. The first kappa shape index (κ1) is 30.9. The van der Waals surface area contributed by atoms with Crippen molar-refractivity contribution in [2.45, 2.75) is 44.2 Å². The Bertz CT molecular complexity index is 2130. The molecule has 0 spiro atoms. The Morgan fingerprint density at radius 3 is 2.28 bits per heavy atom. The Morgan fingerprint density at radius 1 is 0.957 bits per heavy atom. The topological polar surface area (TPSA) is 128 Å². The van der Waals surface area contributed by atoms with E-state index in [0.29, 0.717) is 38.7 Å². The second kappa shape index (κ2) is 10.9. The van der Waals surface area contributed by atoms with Crippen molar-refractivity contribution < 1.29 is 19.4 Å². The molecule has 7 rings (SSSR count). The fraction of sp³-hybridized carbons (Fsp3) is 0.294. The number of allylic oxidation sites excluding steroid dienone is 2. The third kappa shape index (κ3) is 4.33. The molecule has 3 heterocycles. The minimum Gasteiger partial charge on any atom is -0.507 e. The van der Waals surface area contributed by atoms with Gasteiger partial charge in [-0.25, -0.2) is 23.5 Å². The summed E-state index contributed by atoms with van der Waals surface area (Å²) in [5.74, 6) is -2.11. The lowest BCUT2D eigenvalue weighted by atomic mass is 9.53. The van der Waals surface area contributed by atoms with E-state index in [-0.39, 0.29) is 23.7 Å². The van der Waals surface area contributed by atoms with Gasteiger partial charge in [0.25, 0.3) is 11.8 Å². The number of aryl methyl sites for hydroxylation is 2. The molecule has 4 atom stereocenters. The van der Waals surface area contributed by atoms with Crippen LogP contribution in [0.15, 0.2) is 75.8 Å². The number of aromatic nitrogens is 3. The molecule has 3 aromatic carbocycles. The van der Waals surface area contributed by atoms with Gasteiger partial charge in [-0.3, -0.25) is 15.0 Å². The molecule has 2 fully saturated rings. The molecule has 0 bridgehead atoms. The molecule has 13 heteroatoms. The van der Waals surface area contributed by atoms with E-state index < -0.39 is 46.5 Å². The Balaban J connectivity index is 1.52. The van der Waals surface area contributed by atoms with Gasteiger partial charge in [-0.2, -0.15) is 5.01 Å². The van der Waals surface area contributed by atoms with Crippen LogP contribution in [0.4, 0.5) is 5.69 Å². The molecule has 47 heavy (non-hydrogen) atoms. The summed E-state index contributed by atoms with van der Waals surface area (Å²) in [6, 6.07) is 14.7. The van der Waals surface area contributed by atoms with Crippen molar-refractivity contribution in [2.24, 2.45) is 13.0 Å². The Kier molecular flexibility index (Phi) is 7.18. The molecule has 4 aromatic rings. The number of imide groups is 1. The number of phenols is 1. The number of ether oxygens (including phenoxy) is 1. The average Bonchev–Trinajstić information content (AvgIpc) is 3.41. The molecule has 2 N–H and O–H groups in total. The van der Waals surface area contributed by atoms with Crippen LogP contribution in [0.25, 0.3) is 0 Å². The predicted octanol–water partition coefficient (Wildman–Crippen LogP) is 4.61. The number of phenolic OH excluding ortho intramolecular Hbond substituents is 1. The van der Waals surface area contributed by atoms with Gasteiger partial charge in [0.15, 0.2) is 0 Å². The zero-order valence-corrected chi connectivity index (χ0v) is 27.5. The van der Waals surface area contributed by atoms with Crippen molar-refractivity contribution in [1.29, 1.82) is 0 Å². The molecule has 242 valence electrons. The van der Waals surface area contributed by atoms with Crippen LogP contribution in [0.2, 0.25) is 10.0 Å². The first-order valence-corrected chi connectivity index (χ1v) is 15.8. The minimum atomic E-state index is -1.51. The molecule has 0 unspecified atom stereocenters. The number of hydrogen-bond acceptors (Lipinski definition) is 7. The number of amides is 2. The zero-order valence-electron chi connectivity index (χ0n) is 26.0. The van der Waals surface area contributed by atoms with Gasteiger partial charge in [-0.1, -0.05) is 53.5 Å². The predicted molar refractivity (Wildman–Crippen MR) is 176 cm³/mol. The summed E-state index contributed by atoms with van der Waals surface area (Å²) in [7, 11) is 2.96. The molecular formula is C34H31Cl2N5O6. The molecule has 3 aliphatic rings. The molecule has 1 saturated heterocycles. The van der Waals surface area contributed by atoms with Crippen molar-refractivity contribution in [3.63, 3.8) is 0 Å². The molecule has 2 amide bonds. The number of methoxy groups -OCH3 is 1. The number of hydrazine groups is 1. The van der Waals surface area contributed by atoms with E-state index in [9.17, 15) is 19.5 Å². The maximum Gasteiger partial charge on any atom is 0.347 e. The van der Waals surface area contributed by atoms with Crippen molar-refractivity contribution in [1.82, 2.24) is 18.9 Å². The maximum atomic E-state index is 15.2. The van der Waals surface area contributed by atoms with E-state index in [4.69, 9.17) is 27.9 Å². The van der Waals surface area contributed by atoms with Gasteiger partial charge in [-0.15, -0.1) is 0 Å². The number of carbonyl (C=O) groups excluding carboxylic acids is 2. The van der Waals surface area contributed by atoms with Gasteiger partial charge in [0.05, 0.1) is 41.7 Å². The smallest absolute Gasteiger partial charge is 0.347 e. The molecule has 11 nitrogen and oxygen atoms in total.